The normalized spacial score (nSPS) is 11.0. The molecule has 3 nitrogen and oxygen atoms in total. The summed E-state index contributed by atoms with van der Waals surface area (Å²) in [7, 11) is 0. The molecular formula is C16H22N2OS. The summed E-state index contributed by atoms with van der Waals surface area (Å²) in [5, 5.41) is 12.4. The van der Waals surface area contributed by atoms with Gasteiger partial charge in [-0.05, 0) is 18.6 Å². The van der Waals surface area contributed by atoms with E-state index in [0.717, 1.165) is 25.2 Å². The second-order valence-corrected chi connectivity index (χ2v) is 6.06. The average Bonchev–Trinajstić information content (AvgIpc) is 2.93. The van der Waals surface area contributed by atoms with E-state index < -0.39 is 0 Å². The molecule has 0 saturated heterocycles. The van der Waals surface area contributed by atoms with Crippen molar-refractivity contribution in [3.63, 3.8) is 0 Å². The molecule has 108 valence electrons. The van der Waals surface area contributed by atoms with Gasteiger partial charge in [-0.3, -0.25) is 0 Å². The molecular weight excluding hydrogens is 268 g/mol. The lowest BCUT2D eigenvalue weighted by Crippen LogP contribution is -2.24. The number of rotatable bonds is 7. The van der Waals surface area contributed by atoms with Gasteiger partial charge in [-0.2, -0.15) is 0 Å². The highest BCUT2D eigenvalue weighted by Crippen LogP contribution is 2.22. The molecule has 4 heteroatoms. The molecule has 0 aliphatic carbocycles. The predicted octanol–water partition coefficient (Wildman–Crippen LogP) is 3.66. The molecule has 1 aromatic heterocycles. The fraction of sp³-hybridized carbons (Fsp3) is 0.438. The quantitative estimate of drug-likeness (QED) is 0.845. The average molecular weight is 290 g/mol. The molecule has 2 aromatic rings. The van der Waals surface area contributed by atoms with Crippen LogP contribution in [-0.4, -0.2) is 23.2 Å². The molecule has 0 fully saturated rings. The van der Waals surface area contributed by atoms with E-state index in [1.807, 2.05) is 18.2 Å². The van der Waals surface area contributed by atoms with E-state index in [1.165, 1.54) is 10.7 Å². The number of hydrogen-bond donors (Lipinski definition) is 1. The first-order chi connectivity index (χ1) is 9.70. The van der Waals surface area contributed by atoms with Crippen molar-refractivity contribution in [2.24, 2.45) is 0 Å². The van der Waals surface area contributed by atoms with Crippen LogP contribution in [0.15, 0.2) is 35.7 Å². The van der Waals surface area contributed by atoms with E-state index in [-0.39, 0.29) is 6.61 Å². The predicted molar refractivity (Wildman–Crippen MR) is 85.4 cm³/mol. The lowest BCUT2D eigenvalue weighted by Gasteiger charge is -2.23. The number of anilines is 1. The summed E-state index contributed by atoms with van der Waals surface area (Å²) in [4.78, 5) is 6.97. The Morgan fingerprint density at radius 3 is 2.60 bits per heavy atom. The van der Waals surface area contributed by atoms with E-state index in [0.29, 0.717) is 5.92 Å². The highest BCUT2D eigenvalue weighted by molar-refractivity contribution is 7.09. The summed E-state index contributed by atoms with van der Waals surface area (Å²) in [6, 6.07) is 10.3. The van der Waals surface area contributed by atoms with E-state index in [9.17, 15) is 0 Å². The van der Waals surface area contributed by atoms with Crippen molar-refractivity contribution < 1.29 is 5.11 Å². The van der Waals surface area contributed by atoms with Crippen LogP contribution >= 0.6 is 11.3 Å². The van der Waals surface area contributed by atoms with E-state index in [1.54, 1.807) is 11.3 Å². The summed E-state index contributed by atoms with van der Waals surface area (Å²) >= 11 is 1.73. The fourth-order valence-electron chi connectivity index (χ4n) is 2.06. The maximum absolute atomic E-state index is 9.06. The van der Waals surface area contributed by atoms with Crippen molar-refractivity contribution in [2.75, 3.05) is 18.1 Å². The molecule has 1 N–H and O–H groups in total. The van der Waals surface area contributed by atoms with Crippen LogP contribution in [0.5, 0.6) is 0 Å². The third-order valence-electron chi connectivity index (χ3n) is 3.12. The first kappa shape index (κ1) is 15.0. The number of thiazole rings is 1. The van der Waals surface area contributed by atoms with Gasteiger partial charge in [-0.1, -0.05) is 32.0 Å². The number of aliphatic hydroxyl groups is 1. The molecule has 0 spiro atoms. The minimum absolute atomic E-state index is 0.220. The molecule has 0 aliphatic heterocycles. The highest BCUT2D eigenvalue weighted by Gasteiger charge is 2.11. The third-order valence-corrected chi connectivity index (χ3v) is 4.32. The molecule has 0 atom stereocenters. The van der Waals surface area contributed by atoms with Crippen LogP contribution in [0.3, 0.4) is 0 Å². The zero-order valence-electron chi connectivity index (χ0n) is 12.1. The Morgan fingerprint density at radius 1 is 1.25 bits per heavy atom. The summed E-state index contributed by atoms with van der Waals surface area (Å²) in [5.74, 6) is 0.483. The number of benzene rings is 1. The topological polar surface area (TPSA) is 36.4 Å². The molecule has 0 radical (unpaired) electrons. The summed E-state index contributed by atoms with van der Waals surface area (Å²) in [6.45, 7) is 6.20. The first-order valence-electron chi connectivity index (χ1n) is 7.06. The highest BCUT2D eigenvalue weighted by atomic mass is 32.1. The number of aromatic nitrogens is 1. The molecule has 20 heavy (non-hydrogen) atoms. The van der Waals surface area contributed by atoms with Gasteiger partial charge in [0.15, 0.2) is 0 Å². The monoisotopic (exact) mass is 290 g/mol. The Balaban J connectivity index is 2.10. The Morgan fingerprint density at radius 2 is 2.00 bits per heavy atom. The van der Waals surface area contributed by atoms with Gasteiger partial charge in [0, 0.05) is 30.1 Å². The van der Waals surface area contributed by atoms with Crippen LogP contribution in [-0.2, 0) is 6.54 Å². The SMILES string of the molecule is CC(C)c1nc(CN(CCCO)c2ccccc2)cs1. The molecule has 0 amide bonds. The van der Waals surface area contributed by atoms with Crippen molar-refractivity contribution >= 4 is 17.0 Å². The van der Waals surface area contributed by atoms with Crippen LogP contribution in [0.4, 0.5) is 5.69 Å². The van der Waals surface area contributed by atoms with E-state index in [4.69, 9.17) is 10.1 Å². The van der Waals surface area contributed by atoms with Gasteiger partial charge < -0.3 is 10.0 Å². The van der Waals surface area contributed by atoms with Gasteiger partial charge in [-0.15, -0.1) is 11.3 Å². The third kappa shape index (κ3) is 4.05. The largest absolute Gasteiger partial charge is 0.396 e. The van der Waals surface area contributed by atoms with Gasteiger partial charge in [0.1, 0.15) is 0 Å². The second-order valence-electron chi connectivity index (χ2n) is 5.17. The standard InChI is InChI=1S/C16H22N2OS/c1-13(2)16-17-14(12-20-16)11-18(9-6-10-19)15-7-4-3-5-8-15/h3-5,7-8,12-13,19H,6,9-11H2,1-2H3. The maximum atomic E-state index is 9.06. The summed E-state index contributed by atoms with van der Waals surface area (Å²) < 4.78 is 0. The Labute approximate surface area is 124 Å². The van der Waals surface area contributed by atoms with Crippen molar-refractivity contribution in [3.05, 3.63) is 46.4 Å². The fourth-order valence-corrected chi connectivity index (χ4v) is 2.88. The minimum atomic E-state index is 0.220. The van der Waals surface area contributed by atoms with Crippen molar-refractivity contribution in [3.8, 4) is 0 Å². The molecule has 0 aliphatic rings. The number of hydrogen-bond acceptors (Lipinski definition) is 4. The van der Waals surface area contributed by atoms with Crippen LogP contribution in [0.25, 0.3) is 0 Å². The smallest absolute Gasteiger partial charge is 0.0954 e. The van der Waals surface area contributed by atoms with Gasteiger partial charge in [0.2, 0.25) is 0 Å². The Hall–Kier alpha value is -1.39. The minimum Gasteiger partial charge on any atom is -0.396 e. The summed E-state index contributed by atoms with van der Waals surface area (Å²) in [5.41, 5.74) is 2.29. The molecule has 0 bridgehead atoms. The number of aliphatic hydroxyl groups excluding tert-OH is 1. The molecule has 0 saturated carbocycles. The van der Waals surface area contributed by atoms with Crippen molar-refractivity contribution in [1.82, 2.24) is 4.98 Å². The number of para-hydroxylation sites is 1. The van der Waals surface area contributed by atoms with Gasteiger partial charge in [-0.25, -0.2) is 4.98 Å². The van der Waals surface area contributed by atoms with Crippen LogP contribution in [0.1, 0.15) is 36.9 Å². The first-order valence-corrected chi connectivity index (χ1v) is 7.94. The Kier molecular flexibility index (Phi) is 5.56. The van der Waals surface area contributed by atoms with Crippen LogP contribution < -0.4 is 4.90 Å². The van der Waals surface area contributed by atoms with E-state index >= 15 is 0 Å². The van der Waals surface area contributed by atoms with Gasteiger partial charge >= 0.3 is 0 Å². The van der Waals surface area contributed by atoms with Crippen molar-refractivity contribution in [1.29, 1.82) is 0 Å². The molecule has 0 unspecified atom stereocenters. The molecule has 1 aromatic carbocycles. The Bertz CT molecular complexity index is 510. The van der Waals surface area contributed by atoms with Crippen molar-refractivity contribution in [2.45, 2.75) is 32.7 Å². The lowest BCUT2D eigenvalue weighted by atomic mass is 10.2. The zero-order chi connectivity index (χ0) is 14.4. The lowest BCUT2D eigenvalue weighted by molar-refractivity contribution is 0.289. The molecule has 1 heterocycles. The van der Waals surface area contributed by atoms with E-state index in [2.05, 4.69) is 36.3 Å². The van der Waals surface area contributed by atoms with Gasteiger partial charge in [0.05, 0.1) is 17.2 Å². The zero-order valence-corrected chi connectivity index (χ0v) is 12.9. The number of nitrogens with zero attached hydrogens (tertiary/aromatic N) is 2. The van der Waals surface area contributed by atoms with Crippen LogP contribution in [0, 0.1) is 0 Å². The second kappa shape index (κ2) is 7.41. The summed E-state index contributed by atoms with van der Waals surface area (Å²) in [6.07, 6.45) is 0.774. The van der Waals surface area contributed by atoms with Crippen LogP contribution in [0.2, 0.25) is 0 Å². The molecule has 2 rings (SSSR count). The maximum Gasteiger partial charge on any atom is 0.0954 e. The van der Waals surface area contributed by atoms with Gasteiger partial charge in [0.25, 0.3) is 0 Å².